The lowest BCUT2D eigenvalue weighted by molar-refractivity contribution is 0.105. The van der Waals surface area contributed by atoms with E-state index in [0.717, 1.165) is 24.9 Å². The normalized spacial score (nSPS) is 29.1. The van der Waals surface area contributed by atoms with Crippen molar-refractivity contribution in [3.8, 4) is 5.75 Å². The largest absolute Gasteiger partial charge is 0.491 e. The summed E-state index contributed by atoms with van der Waals surface area (Å²) in [6.07, 6.45) is -0.540. The van der Waals surface area contributed by atoms with Crippen LogP contribution < -0.4 is 15.4 Å². The lowest BCUT2D eigenvalue weighted by Gasteiger charge is -2.14. The van der Waals surface area contributed by atoms with E-state index in [1.54, 1.807) is 18.2 Å². The predicted molar refractivity (Wildman–Crippen MR) is 79.6 cm³/mol. The van der Waals surface area contributed by atoms with Crippen molar-refractivity contribution in [1.29, 1.82) is 0 Å². The van der Waals surface area contributed by atoms with E-state index in [1.165, 1.54) is 0 Å². The molecule has 0 spiro atoms. The molecule has 1 aromatic carbocycles. The smallest absolute Gasteiger partial charge is 0.122 e. The van der Waals surface area contributed by atoms with Gasteiger partial charge in [0.1, 0.15) is 18.5 Å². The van der Waals surface area contributed by atoms with Crippen molar-refractivity contribution >= 4 is 23.2 Å². The Bertz CT molecular complexity index is 456. The molecule has 1 unspecified atom stereocenters. The second-order valence-corrected chi connectivity index (χ2v) is 6.36. The highest BCUT2D eigenvalue weighted by molar-refractivity contribution is 6.34. The molecule has 0 bridgehead atoms. The van der Waals surface area contributed by atoms with Gasteiger partial charge < -0.3 is 20.5 Å². The number of aliphatic hydroxyl groups excluding tert-OH is 1. The molecule has 2 fully saturated rings. The molecule has 1 aliphatic carbocycles. The van der Waals surface area contributed by atoms with Crippen LogP contribution in [0.4, 0.5) is 0 Å². The van der Waals surface area contributed by atoms with Crippen LogP contribution >= 0.6 is 23.2 Å². The number of nitrogens with one attached hydrogen (secondary N) is 2. The number of ether oxygens (including phenoxy) is 1. The van der Waals surface area contributed by atoms with Crippen molar-refractivity contribution in [2.24, 2.45) is 11.8 Å². The van der Waals surface area contributed by atoms with Gasteiger partial charge in [-0.05, 0) is 43.1 Å². The number of benzene rings is 1. The summed E-state index contributed by atoms with van der Waals surface area (Å²) in [7, 11) is 0. The minimum Gasteiger partial charge on any atom is -0.491 e. The zero-order valence-corrected chi connectivity index (χ0v) is 12.5. The van der Waals surface area contributed by atoms with Crippen molar-refractivity contribution in [1.82, 2.24) is 10.6 Å². The maximum atomic E-state index is 9.92. The van der Waals surface area contributed by atoms with E-state index in [2.05, 4.69) is 10.6 Å². The molecule has 1 saturated heterocycles. The summed E-state index contributed by atoms with van der Waals surface area (Å²) in [5.74, 6) is 2.07. The van der Waals surface area contributed by atoms with E-state index >= 15 is 0 Å². The monoisotopic (exact) mass is 316 g/mol. The number of piperidine rings is 1. The Kier molecular flexibility index (Phi) is 4.38. The summed E-state index contributed by atoms with van der Waals surface area (Å²) in [5, 5.41) is 17.7. The first kappa shape index (κ1) is 14.4. The zero-order chi connectivity index (χ0) is 14.1. The summed E-state index contributed by atoms with van der Waals surface area (Å²) in [4.78, 5) is 0. The Morgan fingerprint density at radius 3 is 2.55 bits per heavy atom. The fourth-order valence-electron chi connectivity index (χ4n) is 2.86. The summed E-state index contributed by atoms with van der Waals surface area (Å²) in [6.45, 7) is 2.96. The third-order valence-electron chi connectivity index (χ3n) is 3.96. The Hall–Kier alpha value is -0.520. The Labute approximate surface area is 128 Å². The summed E-state index contributed by atoms with van der Waals surface area (Å²) >= 11 is 11.8. The molecule has 3 rings (SSSR count). The van der Waals surface area contributed by atoms with Gasteiger partial charge in [-0.3, -0.25) is 0 Å². The topological polar surface area (TPSA) is 53.5 Å². The van der Waals surface area contributed by atoms with Gasteiger partial charge in [0.2, 0.25) is 0 Å². The number of hydrogen-bond acceptors (Lipinski definition) is 4. The molecule has 0 aromatic heterocycles. The molecule has 1 saturated carbocycles. The molecule has 1 heterocycles. The number of halogens is 2. The highest BCUT2D eigenvalue weighted by atomic mass is 35.5. The summed E-state index contributed by atoms with van der Waals surface area (Å²) < 4.78 is 5.50. The number of aliphatic hydroxyl groups is 1. The molecule has 20 heavy (non-hydrogen) atoms. The van der Waals surface area contributed by atoms with E-state index in [-0.39, 0.29) is 6.61 Å². The molecule has 3 N–H and O–H groups in total. The average Bonchev–Trinajstić information content (AvgIpc) is 2.81. The third-order valence-corrected chi connectivity index (χ3v) is 4.40. The van der Waals surface area contributed by atoms with Gasteiger partial charge in [0.15, 0.2) is 0 Å². The van der Waals surface area contributed by atoms with Crippen molar-refractivity contribution in [3.63, 3.8) is 0 Å². The van der Waals surface area contributed by atoms with Gasteiger partial charge in [-0.1, -0.05) is 23.2 Å². The molecular formula is C14H18Cl2N2O2. The van der Waals surface area contributed by atoms with Crippen LogP contribution in [0.25, 0.3) is 0 Å². The van der Waals surface area contributed by atoms with Gasteiger partial charge in [-0.25, -0.2) is 0 Å². The fourth-order valence-corrected chi connectivity index (χ4v) is 3.36. The third kappa shape index (κ3) is 3.38. The van der Waals surface area contributed by atoms with Gasteiger partial charge in [0.25, 0.3) is 0 Å². The van der Waals surface area contributed by atoms with Crippen molar-refractivity contribution in [2.75, 3.05) is 26.2 Å². The molecule has 4 nitrogen and oxygen atoms in total. The molecule has 2 aliphatic rings. The number of rotatable bonds is 6. The minimum absolute atomic E-state index is 0.226. The first-order valence-electron chi connectivity index (χ1n) is 6.84. The standard InChI is InChI=1S/C14H18Cl2N2O2/c15-8-1-9(16)3-11(2-8)20-7-10(19)4-18-14-12-5-17-6-13(12)14/h1-3,10,12-14,17-19H,4-7H2/t10?,12-,13+,14+. The molecule has 1 aliphatic heterocycles. The van der Waals surface area contributed by atoms with Crippen molar-refractivity contribution < 1.29 is 9.84 Å². The molecule has 110 valence electrons. The molecule has 1 aromatic rings. The second-order valence-electron chi connectivity index (χ2n) is 5.49. The minimum atomic E-state index is -0.540. The zero-order valence-electron chi connectivity index (χ0n) is 11.0. The fraction of sp³-hybridized carbons (Fsp3) is 0.571. The molecule has 4 atom stereocenters. The van der Waals surface area contributed by atoms with Crippen LogP contribution in [-0.4, -0.2) is 43.5 Å². The maximum absolute atomic E-state index is 9.92. The number of hydrogen-bond donors (Lipinski definition) is 3. The highest BCUT2D eigenvalue weighted by Crippen LogP contribution is 2.41. The van der Waals surface area contributed by atoms with E-state index in [0.29, 0.717) is 28.4 Å². The van der Waals surface area contributed by atoms with Crippen LogP contribution in [0.2, 0.25) is 10.0 Å². The van der Waals surface area contributed by atoms with Gasteiger partial charge in [-0.15, -0.1) is 0 Å². The second kappa shape index (κ2) is 6.08. The lowest BCUT2D eigenvalue weighted by atomic mass is 10.3. The Balaban J connectivity index is 1.39. The Morgan fingerprint density at radius 2 is 1.90 bits per heavy atom. The van der Waals surface area contributed by atoms with E-state index in [9.17, 15) is 5.11 Å². The lowest BCUT2D eigenvalue weighted by Crippen LogP contribution is -2.36. The van der Waals surface area contributed by atoms with Gasteiger partial charge in [-0.2, -0.15) is 0 Å². The molecule has 6 heteroatoms. The van der Waals surface area contributed by atoms with Crippen LogP contribution in [0, 0.1) is 11.8 Å². The number of fused-ring (bicyclic) bond motifs is 1. The Morgan fingerprint density at radius 1 is 1.25 bits per heavy atom. The molecule has 0 amide bonds. The SMILES string of the molecule is OC(CN[C@H]1[C@@H]2CNC[C@@H]21)COc1cc(Cl)cc(Cl)c1. The average molecular weight is 317 g/mol. The highest BCUT2D eigenvalue weighted by Gasteiger charge is 2.52. The van der Waals surface area contributed by atoms with Gasteiger partial charge >= 0.3 is 0 Å². The van der Waals surface area contributed by atoms with Crippen LogP contribution in [-0.2, 0) is 0 Å². The molecule has 0 radical (unpaired) electrons. The van der Waals surface area contributed by atoms with Crippen LogP contribution in [0.15, 0.2) is 18.2 Å². The molecular weight excluding hydrogens is 299 g/mol. The summed E-state index contributed by atoms with van der Waals surface area (Å²) in [6, 6.07) is 5.58. The van der Waals surface area contributed by atoms with E-state index < -0.39 is 6.10 Å². The van der Waals surface area contributed by atoms with E-state index in [4.69, 9.17) is 27.9 Å². The first-order valence-corrected chi connectivity index (χ1v) is 7.60. The van der Waals surface area contributed by atoms with Crippen LogP contribution in [0.1, 0.15) is 0 Å². The maximum Gasteiger partial charge on any atom is 0.122 e. The van der Waals surface area contributed by atoms with Crippen LogP contribution in [0.3, 0.4) is 0 Å². The van der Waals surface area contributed by atoms with Gasteiger partial charge in [0.05, 0.1) is 0 Å². The van der Waals surface area contributed by atoms with Crippen LogP contribution in [0.5, 0.6) is 5.75 Å². The quantitative estimate of drug-likeness (QED) is 0.745. The predicted octanol–water partition coefficient (Wildman–Crippen LogP) is 1.54. The van der Waals surface area contributed by atoms with Crippen molar-refractivity contribution in [3.05, 3.63) is 28.2 Å². The van der Waals surface area contributed by atoms with Gasteiger partial charge in [0, 0.05) is 22.6 Å². The summed E-state index contributed by atoms with van der Waals surface area (Å²) in [5.41, 5.74) is 0. The first-order chi connectivity index (χ1) is 9.63. The van der Waals surface area contributed by atoms with Crippen molar-refractivity contribution in [2.45, 2.75) is 12.1 Å². The van der Waals surface area contributed by atoms with E-state index in [1.807, 2.05) is 0 Å².